The quantitative estimate of drug-likeness (QED) is 0.326. The summed E-state index contributed by atoms with van der Waals surface area (Å²) in [5.74, 6) is 0.960. The lowest BCUT2D eigenvalue weighted by molar-refractivity contribution is -0.139. The third kappa shape index (κ3) is 8.56. The second-order valence-electron chi connectivity index (χ2n) is 9.51. The Morgan fingerprint density at radius 2 is 1.56 bits per heavy atom. The van der Waals surface area contributed by atoms with Crippen molar-refractivity contribution in [2.45, 2.75) is 64.9 Å². The Morgan fingerprint density at radius 3 is 2.22 bits per heavy atom. The van der Waals surface area contributed by atoms with Crippen LogP contribution in [0.25, 0.3) is 0 Å². The molecule has 190 valence electrons. The molecule has 2 atom stereocenters. The smallest absolute Gasteiger partial charge is 0.243 e. The molecule has 3 rings (SSSR count). The molecule has 0 aliphatic rings. The Kier molecular flexibility index (Phi) is 10.6. The van der Waals surface area contributed by atoms with Crippen LogP contribution >= 0.6 is 11.8 Å². The molecule has 36 heavy (non-hydrogen) atoms. The van der Waals surface area contributed by atoms with Crippen molar-refractivity contribution in [1.82, 2.24) is 10.2 Å². The number of hydrogen-bond acceptors (Lipinski definition) is 3. The van der Waals surface area contributed by atoms with Gasteiger partial charge in [0.05, 0.1) is 5.75 Å². The average molecular weight is 503 g/mol. The van der Waals surface area contributed by atoms with Gasteiger partial charge in [-0.3, -0.25) is 9.59 Å². The summed E-state index contributed by atoms with van der Waals surface area (Å²) >= 11 is 1.60. The molecular weight excluding hydrogens is 464 g/mol. The molecule has 0 saturated carbocycles. The molecule has 1 N–H and O–H groups in total. The minimum atomic E-state index is -0.588. The number of nitrogens with one attached hydrogen (secondary N) is 1. The van der Waals surface area contributed by atoms with Gasteiger partial charge in [0.2, 0.25) is 11.8 Å². The van der Waals surface area contributed by atoms with E-state index < -0.39 is 6.04 Å². The van der Waals surface area contributed by atoms with E-state index in [4.69, 9.17) is 0 Å². The van der Waals surface area contributed by atoms with Crippen LogP contribution in [0.5, 0.6) is 0 Å². The number of carbonyl (C=O) groups is 2. The first-order chi connectivity index (χ1) is 17.4. The van der Waals surface area contributed by atoms with E-state index in [-0.39, 0.29) is 17.9 Å². The molecule has 0 heterocycles. The monoisotopic (exact) mass is 502 g/mol. The summed E-state index contributed by atoms with van der Waals surface area (Å²) in [5.41, 5.74) is 5.64. The first kappa shape index (κ1) is 27.5. The molecular formula is C31H38N2O2S. The molecule has 0 radical (unpaired) electrons. The van der Waals surface area contributed by atoms with Crippen molar-refractivity contribution in [3.63, 3.8) is 0 Å². The van der Waals surface area contributed by atoms with E-state index in [2.05, 4.69) is 42.6 Å². The lowest BCUT2D eigenvalue weighted by Crippen LogP contribution is -2.52. The van der Waals surface area contributed by atoms with Crippen LogP contribution in [-0.4, -0.2) is 34.6 Å². The van der Waals surface area contributed by atoms with Gasteiger partial charge in [-0.05, 0) is 43.9 Å². The normalized spacial score (nSPS) is 12.6. The van der Waals surface area contributed by atoms with Crippen molar-refractivity contribution in [3.05, 3.63) is 107 Å². The molecule has 0 unspecified atom stereocenters. The molecule has 0 aliphatic heterocycles. The van der Waals surface area contributed by atoms with E-state index in [0.29, 0.717) is 18.7 Å². The maximum absolute atomic E-state index is 13.7. The van der Waals surface area contributed by atoms with E-state index in [1.807, 2.05) is 69.3 Å². The average Bonchev–Trinajstić information content (AvgIpc) is 2.87. The molecule has 3 aromatic carbocycles. The minimum absolute atomic E-state index is 0.0199. The first-order valence-electron chi connectivity index (χ1n) is 12.7. The zero-order chi connectivity index (χ0) is 25.9. The fourth-order valence-corrected chi connectivity index (χ4v) is 4.88. The molecule has 0 spiro atoms. The zero-order valence-electron chi connectivity index (χ0n) is 21.9. The van der Waals surface area contributed by atoms with E-state index in [9.17, 15) is 9.59 Å². The Labute approximate surface area is 220 Å². The molecule has 3 aromatic rings. The Balaban J connectivity index is 1.85. The number of aryl methyl sites for hydroxylation is 2. The largest absolute Gasteiger partial charge is 0.352 e. The third-order valence-electron chi connectivity index (χ3n) is 6.32. The molecule has 2 amide bonds. The van der Waals surface area contributed by atoms with Crippen LogP contribution in [-0.2, 0) is 28.3 Å². The number of thioether (sulfide) groups is 1. The van der Waals surface area contributed by atoms with Gasteiger partial charge in [-0.2, -0.15) is 0 Å². The summed E-state index contributed by atoms with van der Waals surface area (Å²) < 4.78 is 0. The van der Waals surface area contributed by atoms with Gasteiger partial charge < -0.3 is 10.2 Å². The highest BCUT2D eigenvalue weighted by Gasteiger charge is 2.30. The molecule has 0 saturated heterocycles. The van der Waals surface area contributed by atoms with Gasteiger partial charge in [0.1, 0.15) is 6.04 Å². The number of rotatable bonds is 12. The zero-order valence-corrected chi connectivity index (χ0v) is 22.7. The number of nitrogens with zero attached hydrogens (tertiary/aromatic N) is 1. The Bertz CT molecular complexity index is 1110. The predicted molar refractivity (Wildman–Crippen MR) is 151 cm³/mol. The summed E-state index contributed by atoms with van der Waals surface area (Å²) in [7, 11) is 0. The van der Waals surface area contributed by atoms with Crippen molar-refractivity contribution in [2.24, 2.45) is 0 Å². The summed E-state index contributed by atoms with van der Waals surface area (Å²) in [5, 5.41) is 3.13. The fraction of sp³-hybridized carbons (Fsp3) is 0.355. The van der Waals surface area contributed by atoms with E-state index in [1.165, 1.54) is 16.7 Å². The van der Waals surface area contributed by atoms with Gasteiger partial charge in [0, 0.05) is 24.8 Å². The first-order valence-corrected chi connectivity index (χ1v) is 13.8. The van der Waals surface area contributed by atoms with Crippen molar-refractivity contribution in [3.8, 4) is 0 Å². The van der Waals surface area contributed by atoms with Crippen LogP contribution < -0.4 is 5.32 Å². The predicted octanol–water partition coefficient (Wildman–Crippen LogP) is 6.09. The Hall–Kier alpha value is -3.05. The second-order valence-corrected chi connectivity index (χ2v) is 10.5. The van der Waals surface area contributed by atoms with Gasteiger partial charge in [-0.25, -0.2) is 0 Å². The van der Waals surface area contributed by atoms with Crippen LogP contribution in [0.1, 0.15) is 48.1 Å². The Morgan fingerprint density at radius 1 is 0.861 bits per heavy atom. The SMILES string of the molecule is CC[C@H](C)NC(=O)[C@H](Cc1ccccc1)N(Cc1ccc(C)cc1)C(=O)CSCc1cccc(C)c1. The molecule has 0 fully saturated rings. The highest BCUT2D eigenvalue weighted by molar-refractivity contribution is 7.99. The third-order valence-corrected chi connectivity index (χ3v) is 7.31. The molecule has 4 nitrogen and oxygen atoms in total. The highest BCUT2D eigenvalue weighted by atomic mass is 32.2. The van der Waals surface area contributed by atoms with Gasteiger partial charge in [0.25, 0.3) is 0 Å². The lowest BCUT2D eigenvalue weighted by atomic mass is 10.0. The van der Waals surface area contributed by atoms with Gasteiger partial charge in [-0.1, -0.05) is 96.9 Å². The molecule has 0 aromatic heterocycles. The van der Waals surface area contributed by atoms with Crippen molar-refractivity contribution in [1.29, 1.82) is 0 Å². The van der Waals surface area contributed by atoms with Gasteiger partial charge in [0.15, 0.2) is 0 Å². The van der Waals surface area contributed by atoms with Crippen molar-refractivity contribution in [2.75, 3.05) is 5.75 Å². The molecule has 0 aliphatic carbocycles. The summed E-state index contributed by atoms with van der Waals surface area (Å²) in [6.45, 7) is 8.57. The van der Waals surface area contributed by atoms with E-state index in [0.717, 1.165) is 23.3 Å². The van der Waals surface area contributed by atoms with E-state index in [1.54, 1.807) is 16.7 Å². The summed E-state index contributed by atoms with van der Waals surface area (Å²) in [4.78, 5) is 29.0. The molecule has 5 heteroatoms. The van der Waals surface area contributed by atoms with Crippen LogP contribution in [0, 0.1) is 13.8 Å². The van der Waals surface area contributed by atoms with E-state index >= 15 is 0 Å². The number of hydrogen-bond donors (Lipinski definition) is 1. The topological polar surface area (TPSA) is 49.4 Å². The minimum Gasteiger partial charge on any atom is -0.352 e. The molecule has 0 bridgehead atoms. The van der Waals surface area contributed by atoms with Crippen LogP contribution in [0.3, 0.4) is 0 Å². The van der Waals surface area contributed by atoms with Crippen LogP contribution in [0.15, 0.2) is 78.9 Å². The van der Waals surface area contributed by atoms with Gasteiger partial charge >= 0.3 is 0 Å². The summed E-state index contributed by atoms with van der Waals surface area (Å²) in [6.07, 6.45) is 1.31. The standard InChI is InChI=1S/C31H38N2O2S/c1-5-25(4)32-31(35)29(19-26-11-7-6-8-12-26)33(20-27-16-14-23(2)15-17-27)30(34)22-36-21-28-13-9-10-24(3)18-28/h6-18,25,29H,5,19-22H2,1-4H3,(H,32,35)/t25-,29-/m0/s1. The van der Waals surface area contributed by atoms with Crippen LogP contribution in [0.2, 0.25) is 0 Å². The second kappa shape index (κ2) is 13.9. The van der Waals surface area contributed by atoms with Crippen molar-refractivity contribution < 1.29 is 9.59 Å². The maximum atomic E-state index is 13.7. The summed E-state index contributed by atoms with van der Waals surface area (Å²) in [6, 6.07) is 26.0. The number of benzene rings is 3. The lowest BCUT2D eigenvalue weighted by Gasteiger charge is -2.32. The van der Waals surface area contributed by atoms with Crippen LogP contribution in [0.4, 0.5) is 0 Å². The fourth-order valence-electron chi connectivity index (χ4n) is 4.03. The highest BCUT2D eigenvalue weighted by Crippen LogP contribution is 2.19. The van der Waals surface area contributed by atoms with Crippen molar-refractivity contribution >= 4 is 23.6 Å². The number of amides is 2. The maximum Gasteiger partial charge on any atom is 0.243 e. The number of carbonyl (C=O) groups excluding carboxylic acids is 2. The van der Waals surface area contributed by atoms with Gasteiger partial charge in [-0.15, -0.1) is 11.8 Å².